The summed E-state index contributed by atoms with van der Waals surface area (Å²) in [4.78, 5) is 0. The van der Waals surface area contributed by atoms with E-state index in [4.69, 9.17) is 9.31 Å². The second kappa shape index (κ2) is 10.2. The molecule has 0 aromatic heterocycles. The Morgan fingerprint density at radius 3 is 1.14 bits per heavy atom. The molecule has 2 nitrogen and oxygen atoms in total. The number of rotatable bonds is 5. The average Bonchev–Trinajstić information content (AvgIpc) is 2.99. The van der Waals surface area contributed by atoms with Gasteiger partial charge < -0.3 is 9.31 Å². The molecule has 0 bridgehead atoms. The maximum absolute atomic E-state index is 7.32. The van der Waals surface area contributed by atoms with E-state index in [9.17, 15) is 0 Å². The quantitative estimate of drug-likeness (QED) is 0.209. The van der Waals surface area contributed by atoms with E-state index in [1.54, 1.807) is 0 Å². The van der Waals surface area contributed by atoms with Crippen molar-refractivity contribution >= 4 is 30.7 Å². The van der Waals surface area contributed by atoms with E-state index in [0.717, 1.165) is 10.9 Å². The third-order valence-electron chi connectivity index (χ3n) is 6.85. The minimum Gasteiger partial charge on any atom is -0.551 e. The first-order valence-corrected chi connectivity index (χ1v) is 13.9. The van der Waals surface area contributed by atoms with Gasteiger partial charge in [0.2, 0.25) is 0 Å². The van der Waals surface area contributed by atoms with Crippen LogP contribution in [0.3, 0.4) is 0 Å². The van der Waals surface area contributed by atoms with Crippen molar-refractivity contribution in [1.82, 2.24) is 0 Å². The monoisotopic (exact) mass is 485 g/mol. The van der Waals surface area contributed by atoms with E-state index in [1.807, 2.05) is 12.1 Å². The topological polar surface area (TPSA) is 18.5 Å². The molecular weight excluding hydrogens is 458 g/mol. The Hall–Kier alpha value is -3.49. The molecule has 0 radical (unpaired) electrons. The standard InChI is InChI=1S/C32H27BO2P/c1-6-16-26(17-7-1)31-34-33(28-20-10-3-11-21-28,29-22-12-4-13-23-29)35-32(27-18-8-2-9-19-27)36(31)30-24-14-5-15-25-30/h1-25,31-32H/q-1/t31-,32-/m1/s1. The van der Waals surface area contributed by atoms with Crippen LogP contribution in [0, 0.1) is 0 Å². The summed E-state index contributed by atoms with van der Waals surface area (Å²) in [5, 5.41) is 1.26. The van der Waals surface area contributed by atoms with Gasteiger partial charge in [-0.05, 0) is 24.4 Å². The fourth-order valence-corrected chi connectivity index (χ4v) is 8.05. The van der Waals surface area contributed by atoms with Crippen molar-refractivity contribution in [3.63, 3.8) is 0 Å². The lowest BCUT2D eigenvalue weighted by Gasteiger charge is -2.57. The highest BCUT2D eigenvalue weighted by Crippen LogP contribution is 2.65. The van der Waals surface area contributed by atoms with Crippen LogP contribution in [0.25, 0.3) is 0 Å². The maximum Gasteiger partial charge on any atom is 0.300 e. The van der Waals surface area contributed by atoms with Gasteiger partial charge in [0, 0.05) is 0 Å². The minimum atomic E-state index is -1.97. The van der Waals surface area contributed by atoms with Gasteiger partial charge in [0.05, 0.1) is 11.7 Å². The van der Waals surface area contributed by atoms with Crippen LogP contribution < -0.4 is 16.2 Å². The molecule has 176 valence electrons. The van der Waals surface area contributed by atoms with E-state index in [2.05, 4.69) is 140 Å². The van der Waals surface area contributed by atoms with Crippen molar-refractivity contribution in [1.29, 1.82) is 0 Å². The van der Waals surface area contributed by atoms with Crippen molar-refractivity contribution in [2.45, 2.75) is 11.7 Å². The van der Waals surface area contributed by atoms with Gasteiger partial charge in [0.25, 0.3) is 6.55 Å². The third kappa shape index (κ3) is 4.31. The molecule has 6 rings (SSSR count). The van der Waals surface area contributed by atoms with E-state index >= 15 is 0 Å². The highest BCUT2D eigenvalue weighted by molar-refractivity contribution is 7.66. The lowest BCUT2D eigenvalue weighted by Crippen LogP contribution is -2.65. The van der Waals surface area contributed by atoms with Crippen molar-refractivity contribution in [2.75, 3.05) is 0 Å². The van der Waals surface area contributed by atoms with E-state index in [1.165, 1.54) is 16.4 Å². The second-order valence-electron chi connectivity index (χ2n) is 9.07. The van der Waals surface area contributed by atoms with Crippen molar-refractivity contribution in [3.05, 3.63) is 163 Å². The van der Waals surface area contributed by atoms with E-state index < -0.39 is 14.5 Å². The normalized spacial score (nSPS) is 21.1. The molecule has 1 saturated heterocycles. The van der Waals surface area contributed by atoms with E-state index in [0.29, 0.717) is 0 Å². The first-order valence-electron chi connectivity index (χ1n) is 12.4. The molecule has 0 spiro atoms. The zero-order valence-electron chi connectivity index (χ0n) is 19.9. The molecule has 1 fully saturated rings. The smallest absolute Gasteiger partial charge is 0.300 e. The van der Waals surface area contributed by atoms with Crippen LogP contribution in [0.15, 0.2) is 152 Å². The Morgan fingerprint density at radius 2 is 0.750 bits per heavy atom. The fraction of sp³-hybridized carbons (Fsp3) is 0.0625. The zero-order valence-corrected chi connectivity index (χ0v) is 20.8. The Kier molecular flexibility index (Phi) is 6.53. The Morgan fingerprint density at radius 1 is 0.417 bits per heavy atom. The van der Waals surface area contributed by atoms with Crippen LogP contribution in [-0.4, -0.2) is 6.55 Å². The summed E-state index contributed by atoms with van der Waals surface area (Å²) in [6, 6.07) is 52.9. The molecule has 0 aliphatic carbocycles. The van der Waals surface area contributed by atoms with Gasteiger partial charge in [-0.1, -0.05) is 152 Å². The van der Waals surface area contributed by atoms with Gasteiger partial charge in [0.15, 0.2) is 0 Å². The Balaban J connectivity index is 1.62. The molecule has 36 heavy (non-hydrogen) atoms. The zero-order chi connectivity index (χ0) is 24.2. The molecule has 1 heterocycles. The van der Waals surface area contributed by atoms with Crippen molar-refractivity contribution < 1.29 is 9.31 Å². The summed E-state index contributed by atoms with van der Waals surface area (Å²) in [5.41, 5.74) is 4.45. The Bertz CT molecular complexity index is 1290. The third-order valence-corrected chi connectivity index (χ3v) is 9.59. The van der Waals surface area contributed by atoms with Crippen molar-refractivity contribution in [3.8, 4) is 0 Å². The van der Waals surface area contributed by atoms with Crippen molar-refractivity contribution in [2.24, 2.45) is 0 Å². The lowest BCUT2D eigenvalue weighted by molar-refractivity contribution is 0.134. The highest BCUT2D eigenvalue weighted by atomic mass is 31.1. The summed E-state index contributed by atoms with van der Waals surface area (Å²) >= 11 is 0. The van der Waals surface area contributed by atoms with Gasteiger partial charge in [-0.3, -0.25) is 0 Å². The SMILES string of the molecule is c1ccc([C@@H]2O[B-](c3ccccc3)(c3ccccc3)O[C@@H](c3ccccc3)P2c2ccccc2)cc1. The van der Waals surface area contributed by atoms with Crippen LogP contribution in [0.1, 0.15) is 22.8 Å². The largest absolute Gasteiger partial charge is 0.551 e. The summed E-state index contributed by atoms with van der Waals surface area (Å²) in [6.07, 6.45) is 0. The number of hydrogen-bond acceptors (Lipinski definition) is 2. The predicted octanol–water partition coefficient (Wildman–Crippen LogP) is 6.49. The van der Waals surface area contributed by atoms with Crippen LogP contribution in [0.5, 0.6) is 0 Å². The molecule has 5 aromatic rings. The van der Waals surface area contributed by atoms with Crippen LogP contribution in [0.2, 0.25) is 0 Å². The maximum atomic E-state index is 7.32. The molecule has 1 aliphatic heterocycles. The molecule has 1 aliphatic rings. The molecule has 0 N–H and O–H groups in total. The van der Waals surface area contributed by atoms with Crippen LogP contribution in [0.4, 0.5) is 0 Å². The summed E-state index contributed by atoms with van der Waals surface area (Å²) < 4.78 is 14.6. The lowest BCUT2D eigenvalue weighted by atomic mass is 9.46. The second-order valence-corrected chi connectivity index (χ2v) is 11.3. The van der Waals surface area contributed by atoms with Crippen LogP contribution >= 0.6 is 7.92 Å². The summed E-state index contributed by atoms with van der Waals surface area (Å²) in [5.74, 6) is -0.300. The highest BCUT2D eigenvalue weighted by Gasteiger charge is 2.46. The Labute approximate surface area is 214 Å². The van der Waals surface area contributed by atoms with Crippen LogP contribution in [-0.2, 0) is 9.31 Å². The first-order chi connectivity index (χ1) is 17.9. The number of benzene rings is 5. The average molecular weight is 485 g/mol. The summed E-state index contributed by atoms with van der Waals surface area (Å²) in [7, 11) is -0.914. The molecule has 4 heteroatoms. The van der Waals surface area contributed by atoms with Gasteiger partial charge >= 0.3 is 0 Å². The molecule has 0 unspecified atom stereocenters. The minimum absolute atomic E-state index is 0.150. The molecule has 0 amide bonds. The van der Waals surface area contributed by atoms with Gasteiger partial charge in [-0.15, -0.1) is 10.9 Å². The molecule has 2 atom stereocenters. The van der Waals surface area contributed by atoms with Gasteiger partial charge in [-0.25, -0.2) is 0 Å². The van der Waals surface area contributed by atoms with E-state index in [-0.39, 0.29) is 11.7 Å². The fourth-order valence-electron chi connectivity index (χ4n) is 5.15. The number of hydrogen-bond donors (Lipinski definition) is 0. The molecule has 5 aromatic carbocycles. The summed E-state index contributed by atoms with van der Waals surface area (Å²) in [6.45, 7) is -1.97. The van der Waals surface area contributed by atoms with Gasteiger partial charge in [-0.2, -0.15) is 0 Å². The van der Waals surface area contributed by atoms with Gasteiger partial charge in [0.1, 0.15) is 0 Å². The molecule has 0 saturated carbocycles. The first kappa shape index (κ1) is 22.9. The predicted molar refractivity (Wildman–Crippen MR) is 151 cm³/mol. The molecular formula is C32H27BO2P-.